The minimum absolute atomic E-state index is 0.145. The highest BCUT2D eigenvalue weighted by atomic mass is 79.9. The Labute approximate surface area is 231 Å². The summed E-state index contributed by atoms with van der Waals surface area (Å²) in [7, 11) is 0. The molecule has 4 aromatic carbocycles. The topological polar surface area (TPSA) is 55.2 Å². The van der Waals surface area contributed by atoms with Crippen molar-refractivity contribution in [2.45, 2.75) is 19.5 Å². The van der Waals surface area contributed by atoms with Crippen LogP contribution in [0.2, 0.25) is 0 Å². The molecule has 0 fully saturated rings. The van der Waals surface area contributed by atoms with E-state index >= 15 is 0 Å². The van der Waals surface area contributed by atoms with E-state index in [2.05, 4.69) is 31.9 Å². The van der Waals surface area contributed by atoms with Crippen molar-refractivity contribution < 1.29 is 4.79 Å². The molecular formula is C30H23Br2N3O2. The molecule has 5 aromatic rings. The van der Waals surface area contributed by atoms with E-state index in [0.29, 0.717) is 34.5 Å². The maximum Gasteiger partial charge on any atom is 0.266 e. The summed E-state index contributed by atoms with van der Waals surface area (Å²) in [4.78, 5) is 34.4. The third kappa shape index (κ3) is 5.29. The van der Waals surface area contributed by atoms with Crippen LogP contribution in [0.15, 0.2) is 117 Å². The first-order valence-electron chi connectivity index (χ1n) is 11.8. The molecule has 0 aliphatic heterocycles. The largest absolute Gasteiger partial charge is 0.324 e. The molecule has 0 N–H and O–H groups in total. The van der Waals surface area contributed by atoms with Crippen molar-refractivity contribution in [3.05, 3.63) is 139 Å². The number of amides is 1. The lowest BCUT2D eigenvalue weighted by molar-refractivity contribution is 0.0664. The maximum atomic E-state index is 13.9. The number of hydrogen-bond donors (Lipinski definition) is 0. The smallest absolute Gasteiger partial charge is 0.266 e. The first kappa shape index (κ1) is 25.1. The molecule has 1 amide bonds. The average molecular weight is 617 g/mol. The molecule has 1 heterocycles. The van der Waals surface area contributed by atoms with Crippen LogP contribution in [0.25, 0.3) is 16.6 Å². The van der Waals surface area contributed by atoms with Crippen LogP contribution in [0.1, 0.15) is 34.7 Å². The summed E-state index contributed by atoms with van der Waals surface area (Å²) < 4.78 is 3.42. The Kier molecular flexibility index (Phi) is 7.35. The monoisotopic (exact) mass is 615 g/mol. The highest BCUT2D eigenvalue weighted by molar-refractivity contribution is 9.10. The van der Waals surface area contributed by atoms with Gasteiger partial charge in [0.15, 0.2) is 0 Å². The molecule has 184 valence electrons. The fourth-order valence-electron chi connectivity index (χ4n) is 4.33. The van der Waals surface area contributed by atoms with Crippen molar-refractivity contribution in [2.24, 2.45) is 0 Å². The standard InChI is InChI=1S/C30H23Br2N3O2/c1-20(34(19-21-7-3-2-4-8-21)29(36)22-11-13-23(31)14-12-22)28-33-27-10-6-5-9-26(27)30(37)35(28)25-17-15-24(32)16-18-25/h2-18,20H,19H2,1H3. The summed E-state index contributed by atoms with van der Waals surface area (Å²) in [5.74, 6) is 0.348. The van der Waals surface area contributed by atoms with Gasteiger partial charge < -0.3 is 4.90 Å². The molecule has 1 unspecified atom stereocenters. The first-order chi connectivity index (χ1) is 17.9. The highest BCUT2D eigenvalue weighted by Crippen LogP contribution is 2.27. The zero-order valence-corrected chi connectivity index (χ0v) is 23.2. The zero-order valence-electron chi connectivity index (χ0n) is 20.0. The summed E-state index contributed by atoms with van der Waals surface area (Å²) in [5, 5.41) is 0.523. The highest BCUT2D eigenvalue weighted by Gasteiger charge is 2.28. The van der Waals surface area contributed by atoms with E-state index in [-0.39, 0.29) is 11.5 Å². The van der Waals surface area contributed by atoms with E-state index in [4.69, 9.17) is 4.98 Å². The van der Waals surface area contributed by atoms with Gasteiger partial charge in [-0.25, -0.2) is 4.98 Å². The van der Waals surface area contributed by atoms with Gasteiger partial charge in [-0.3, -0.25) is 14.2 Å². The molecule has 7 heteroatoms. The van der Waals surface area contributed by atoms with Crippen molar-refractivity contribution in [3.63, 3.8) is 0 Å². The summed E-state index contributed by atoms with van der Waals surface area (Å²) in [6, 6.07) is 31.4. The van der Waals surface area contributed by atoms with Crippen molar-refractivity contribution in [1.29, 1.82) is 0 Å². The number of carbonyl (C=O) groups excluding carboxylic acids is 1. The molecule has 0 radical (unpaired) electrons. The second-order valence-electron chi connectivity index (χ2n) is 8.71. The van der Waals surface area contributed by atoms with Crippen LogP contribution in [0.4, 0.5) is 0 Å². The lowest BCUT2D eigenvalue weighted by atomic mass is 10.1. The van der Waals surface area contributed by atoms with Gasteiger partial charge in [-0.1, -0.05) is 74.3 Å². The Morgan fingerprint density at radius 3 is 2.11 bits per heavy atom. The molecule has 0 aliphatic carbocycles. The number of nitrogens with zero attached hydrogens (tertiary/aromatic N) is 3. The minimum Gasteiger partial charge on any atom is -0.324 e. The zero-order chi connectivity index (χ0) is 25.9. The summed E-state index contributed by atoms with van der Waals surface area (Å²) in [6.07, 6.45) is 0. The lowest BCUT2D eigenvalue weighted by Crippen LogP contribution is -2.37. The van der Waals surface area contributed by atoms with Crippen LogP contribution in [-0.2, 0) is 6.54 Å². The Hall–Kier alpha value is -3.55. The van der Waals surface area contributed by atoms with Crippen molar-refractivity contribution in [3.8, 4) is 5.69 Å². The van der Waals surface area contributed by atoms with Crippen molar-refractivity contribution in [1.82, 2.24) is 14.5 Å². The molecule has 0 saturated carbocycles. The van der Waals surface area contributed by atoms with Crippen LogP contribution in [0.5, 0.6) is 0 Å². The van der Waals surface area contributed by atoms with Gasteiger partial charge >= 0.3 is 0 Å². The summed E-state index contributed by atoms with van der Waals surface area (Å²) >= 11 is 6.92. The number of carbonyl (C=O) groups is 1. The van der Waals surface area contributed by atoms with Gasteiger partial charge in [0.25, 0.3) is 11.5 Å². The number of benzene rings is 4. The lowest BCUT2D eigenvalue weighted by Gasteiger charge is -2.31. The Morgan fingerprint density at radius 2 is 1.43 bits per heavy atom. The Morgan fingerprint density at radius 1 is 0.838 bits per heavy atom. The molecule has 1 atom stereocenters. The summed E-state index contributed by atoms with van der Waals surface area (Å²) in [5.41, 5.74) is 2.65. The van der Waals surface area contributed by atoms with Crippen molar-refractivity contribution in [2.75, 3.05) is 0 Å². The van der Waals surface area contributed by atoms with E-state index in [9.17, 15) is 9.59 Å². The van der Waals surface area contributed by atoms with Gasteiger partial charge in [0, 0.05) is 21.1 Å². The predicted octanol–water partition coefficient (Wildman–Crippen LogP) is 7.31. The molecule has 0 spiro atoms. The number of aromatic nitrogens is 2. The van der Waals surface area contributed by atoms with E-state index in [1.807, 2.05) is 91.9 Å². The number of rotatable bonds is 6. The van der Waals surface area contributed by atoms with Gasteiger partial charge in [0.05, 0.1) is 22.6 Å². The second kappa shape index (κ2) is 10.8. The molecule has 5 nitrogen and oxygen atoms in total. The number of para-hydroxylation sites is 1. The van der Waals surface area contributed by atoms with E-state index in [1.54, 1.807) is 27.7 Å². The average Bonchev–Trinajstić information content (AvgIpc) is 2.92. The molecule has 1 aromatic heterocycles. The fraction of sp³-hybridized carbons (Fsp3) is 0.100. The molecule has 0 bridgehead atoms. The van der Waals surface area contributed by atoms with Crippen LogP contribution in [-0.4, -0.2) is 20.4 Å². The van der Waals surface area contributed by atoms with Gasteiger partial charge in [-0.05, 0) is 73.2 Å². The number of fused-ring (bicyclic) bond motifs is 1. The van der Waals surface area contributed by atoms with Gasteiger partial charge in [0.2, 0.25) is 0 Å². The molecular weight excluding hydrogens is 594 g/mol. The molecule has 0 saturated heterocycles. The Bertz CT molecular complexity index is 1620. The van der Waals surface area contributed by atoms with Crippen molar-refractivity contribution >= 4 is 48.7 Å². The molecule has 5 rings (SSSR count). The summed E-state index contributed by atoms with van der Waals surface area (Å²) in [6.45, 7) is 2.28. The van der Waals surface area contributed by atoms with Gasteiger partial charge in [-0.15, -0.1) is 0 Å². The first-order valence-corrected chi connectivity index (χ1v) is 13.4. The van der Waals surface area contributed by atoms with Gasteiger partial charge in [0.1, 0.15) is 5.82 Å². The molecule has 37 heavy (non-hydrogen) atoms. The third-order valence-corrected chi connectivity index (χ3v) is 7.33. The number of halogens is 2. The quantitative estimate of drug-likeness (QED) is 0.201. The molecule has 0 aliphatic rings. The van der Waals surface area contributed by atoms with Gasteiger partial charge in [-0.2, -0.15) is 0 Å². The fourth-order valence-corrected chi connectivity index (χ4v) is 4.86. The number of hydrogen-bond acceptors (Lipinski definition) is 3. The van der Waals surface area contributed by atoms with E-state index in [0.717, 1.165) is 14.5 Å². The SMILES string of the molecule is CC(c1nc2ccccc2c(=O)n1-c1ccc(Br)cc1)N(Cc1ccccc1)C(=O)c1ccc(Br)cc1. The van der Waals surface area contributed by atoms with E-state index in [1.165, 1.54) is 0 Å². The Balaban J connectivity index is 1.69. The van der Waals surface area contributed by atoms with E-state index < -0.39 is 6.04 Å². The second-order valence-corrected chi connectivity index (χ2v) is 10.5. The minimum atomic E-state index is -0.516. The normalized spacial score (nSPS) is 11.9. The maximum absolute atomic E-state index is 13.9. The van der Waals surface area contributed by atoms with Crippen LogP contribution in [0, 0.1) is 0 Å². The predicted molar refractivity (Wildman–Crippen MR) is 154 cm³/mol. The third-order valence-electron chi connectivity index (χ3n) is 6.28. The van der Waals surface area contributed by atoms with Crippen LogP contribution >= 0.6 is 31.9 Å². The van der Waals surface area contributed by atoms with Crippen LogP contribution in [0.3, 0.4) is 0 Å². The van der Waals surface area contributed by atoms with Crippen LogP contribution < -0.4 is 5.56 Å².